The number of aliphatic hydroxyl groups is 4. The van der Waals surface area contributed by atoms with Crippen molar-refractivity contribution in [1.29, 1.82) is 0 Å². The molecule has 1 rings (SSSR count). The monoisotopic (exact) mass is 194 g/mol. The highest BCUT2D eigenvalue weighted by Crippen LogP contribution is 2.24. The molecule has 0 aromatic rings. The summed E-state index contributed by atoms with van der Waals surface area (Å²) >= 11 is 1.38. The van der Waals surface area contributed by atoms with Gasteiger partial charge in [-0.1, -0.05) is 0 Å². The first-order chi connectivity index (χ1) is 5.65. The summed E-state index contributed by atoms with van der Waals surface area (Å²) in [5.41, 5.74) is 0. The van der Waals surface area contributed by atoms with Crippen molar-refractivity contribution in [2.24, 2.45) is 0 Å². The van der Waals surface area contributed by atoms with Crippen molar-refractivity contribution in [2.45, 2.75) is 30.0 Å². The Morgan fingerprint density at radius 1 is 1.17 bits per heavy atom. The molecule has 4 N–H and O–H groups in total. The lowest BCUT2D eigenvalue weighted by Crippen LogP contribution is -2.37. The molecule has 5 heteroatoms. The average molecular weight is 194 g/mol. The maximum Gasteiger partial charge on any atom is 0.107 e. The Morgan fingerprint density at radius 2 is 1.83 bits per heavy atom. The molecule has 4 atom stereocenters. The third kappa shape index (κ3) is 2.34. The summed E-state index contributed by atoms with van der Waals surface area (Å²) in [5.74, 6) is 0.365. The molecular formula is C7H14O4S. The second kappa shape index (κ2) is 4.43. The number of aliphatic hydroxyl groups excluding tert-OH is 4. The van der Waals surface area contributed by atoms with Crippen molar-refractivity contribution >= 4 is 11.8 Å². The van der Waals surface area contributed by atoms with Crippen molar-refractivity contribution < 1.29 is 20.4 Å². The zero-order chi connectivity index (χ0) is 9.14. The first-order valence-corrected chi connectivity index (χ1v) is 4.96. The minimum Gasteiger partial charge on any atom is -0.395 e. The molecule has 0 amide bonds. The van der Waals surface area contributed by atoms with Crippen LogP contribution in [0.2, 0.25) is 0 Å². The molecule has 0 radical (unpaired) electrons. The van der Waals surface area contributed by atoms with Crippen LogP contribution in [0.5, 0.6) is 0 Å². The Labute approximate surface area is 75.2 Å². The molecule has 0 bridgehead atoms. The highest BCUT2D eigenvalue weighted by molar-refractivity contribution is 8.00. The van der Waals surface area contributed by atoms with Crippen LogP contribution < -0.4 is 0 Å². The van der Waals surface area contributed by atoms with Crippen LogP contribution in [0.4, 0.5) is 0 Å². The van der Waals surface area contributed by atoms with Crippen LogP contribution >= 0.6 is 11.8 Å². The molecule has 1 fully saturated rings. The van der Waals surface area contributed by atoms with Crippen LogP contribution in [-0.2, 0) is 0 Å². The Balaban J connectivity index is 2.53. The fourth-order valence-corrected chi connectivity index (χ4v) is 2.30. The van der Waals surface area contributed by atoms with Gasteiger partial charge in [-0.15, -0.1) is 0 Å². The van der Waals surface area contributed by atoms with Crippen molar-refractivity contribution in [3.8, 4) is 0 Å². The number of hydrogen-bond acceptors (Lipinski definition) is 5. The predicted octanol–water partition coefficient (Wildman–Crippen LogP) is -1.43. The standard InChI is InChI=1S/C7H14O4S/c8-2-4-1-5(9)7(11)6(10)3-12-4/h4-11H,1-3H2/t4-,5-,6+,7+/m1/s1. The SMILES string of the molecule is OC[C@H]1C[C@@H](O)[C@H](O)[C@@H](O)CS1. The van der Waals surface area contributed by atoms with E-state index >= 15 is 0 Å². The molecule has 1 saturated heterocycles. The van der Waals surface area contributed by atoms with Crippen LogP contribution in [0.3, 0.4) is 0 Å². The van der Waals surface area contributed by atoms with E-state index in [4.69, 9.17) is 5.11 Å². The molecule has 4 nitrogen and oxygen atoms in total. The molecule has 1 aliphatic heterocycles. The molecular weight excluding hydrogens is 180 g/mol. The molecule has 0 aliphatic carbocycles. The highest BCUT2D eigenvalue weighted by atomic mass is 32.2. The van der Waals surface area contributed by atoms with Gasteiger partial charge in [0, 0.05) is 11.0 Å². The van der Waals surface area contributed by atoms with Gasteiger partial charge in [0.15, 0.2) is 0 Å². The summed E-state index contributed by atoms with van der Waals surface area (Å²) in [6.45, 7) is -0.0266. The molecule has 1 heterocycles. The molecule has 12 heavy (non-hydrogen) atoms. The van der Waals surface area contributed by atoms with E-state index < -0.39 is 18.3 Å². The number of rotatable bonds is 1. The molecule has 0 saturated carbocycles. The number of thioether (sulfide) groups is 1. The number of hydrogen-bond donors (Lipinski definition) is 4. The van der Waals surface area contributed by atoms with Gasteiger partial charge >= 0.3 is 0 Å². The van der Waals surface area contributed by atoms with Gasteiger partial charge in [0.05, 0.1) is 18.8 Å². The van der Waals surface area contributed by atoms with E-state index in [2.05, 4.69) is 0 Å². The normalized spacial score (nSPS) is 44.0. The maximum atomic E-state index is 9.30. The van der Waals surface area contributed by atoms with E-state index in [-0.39, 0.29) is 11.9 Å². The predicted molar refractivity (Wildman–Crippen MR) is 46.0 cm³/mol. The minimum absolute atomic E-state index is 0.0266. The lowest BCUT2D eigenvalue weighted by atomic mass is 10.1. The van der Waals surface area contributed by atoms with Gasteiger partial charge in [-0.3, -0.25) is 0 Å². The van der Waals surface area contributed by atoms with E-state index in [1.807, 2.05) is 0 Å². The Morgan fingerprint density at radius 3 is 2.42 bits per heavy atom. The Kier molecular flexibility index (Phi) is 3.79. The van der Waals surface area contributed by atoms with E-state index in [0.29, 0.717) is 12.2 Å². The summed E-state index contributed by atoms with van der Waals surface area (Å²) < 4.78 is 0. The largest absolute Gasteiger partial charge is 0.395 e. The third-order valence-corrected chi connectivity index (χ3v) is 3.35. The first kappa shape index (κ1) is 10.3. The first-order valence-electron chi connectivity index (χ1n) is 3.91. The molecule has 1 aliphatic rings. The molecule has 72 valence electrons. The van der Waals surface area contributed by atoms with E-state index in [0.717, 1.165) is 0 Å². The molecule has 0 aromatic heterocycles. The van der Waals surface area contributed by atoms with Crippen LogP contribution in [0.15, 0.2) is 0 Å². The summed E-state index contributed by atoms with van der Waals surface area (Å²) in [7, 11) is 0. The van der Waals surface area contributed by atoms with Crippen LogP contribution in [0.25, 0.3) is 0 Å². The summed E-state index contributed by atoms with van der Waals surface area (Å²) in [6.07, 6.45) is -2.55. The van der Waals surface area contributed by atoms with Crippen LogP contribution in [0.1, 0.15) is 6.42 Å². The van der Waals surface area contributed by atoms with Crippen molar-refractivity contribution in [3.05, 3.63) is 0 Å². The summed E-state index contributed by atoms with van der Waals surface area (Å²) in [6, 6.07) is 0. The van der Waals surface area contributed by atoms with E-state index in [1.165, 1.54) is 11.8 Å². The summed E-state index contributed by atoms with van der Waals surface area (Å²) in [4.78, 5) is 0. The lowest BCUT2D eigenvalue weighted by Gasteiger charge is -2.18. The smallest absolute Gasteiger partial charge is 0.107 e. The third-order valence-electron chi connectivity index (χ3n) is 2.00. The van der Waals surface area contributed by atoms with Crippen molar-refractivity contribution in [1.82, 2.24) is 0 Å². The minimum atomic E-state index is -1.07. The van der Waals surface area contributed by atoms with Gasteiger partial charge < -0.3 is 20.4 Å². The van der Waals surface area contributed by atoms with Gasteiger partial charge in [-0.05, 0) is 6.42 Å². The topological polar surface area (TPSA) is 80.9 Å². The average Bonchev–Trinajstić information content (AvgIpc) is 2.19. The second-order valence-electron chi connectivity index (χ2n) is 3.00. The second-order valence-corrected chi connectivity index (χ2v) is 4.33. The zero-order valence-electron chi connectivity index (χ0n) is 6.63. The fraction of sp³-hybridized carbons (Fsp3) is 1.00. The highest BCUT2D eigenvalue weighted by Gasteiger charge is 2.31. The van der Waals surface area contributed by atoms with E-state index in [9.17, 15) is 15.3 Å². The van der Waals surface area contributed by atoms with Gasteiger partial charge in [0.2, 0.25) is 0 Å². The van der Waals surface area contributed by atoms with Crippen molar-refractivity contribution in [3.63, 3.8) is 0 Å². The Bertz CT molecular complexity index is 143. The molecule has 0 spiro atoms. The Hall–Kier alpha value is 0.190. The zero-order valence-corrected chi connectivity index (χ0v) is 7.44. The van der Waals surface area contributed by atoms with E-state index in [1.54, 1.807) is 0 Å². The van der Waals surface area contributed by atoms with Crippen molar-refractivity contribution in [2.75, 3.05) is 12.4 Å². The van der Waals surface area contributed by atoms with Gasteiger partial charge in [-0.25, -0.2) is 0 Å². The maximum absolute atomic E-state index is 9.30. The molecule has 0 aromatic carbocycles. The molecule has 0 unspecified atom stereocenters. The quantitative estimate of drug-likeness (QED) is 0.411. The van der Waals surface area contributed by atoms with Crippen LogP contribution in [0, 0.1) is 0 Å². The lowest BCUT2D eigenvalue weighted by molar-refractivity contribution is -0.0507. The van der Waals surface area contributed by atoms with Gasteiger partial charge in [-0.2, -0.15) is 11.8 Å². The van der Waals surface area contributed by atoms with Crippen LogP contribution in [-0.4, -0.2) is 56.3 Å². The fourth-order valence-electron chi connectivity index (χ4n) is 1.19. The van der Waals surface area contributed by atoms with Gasteiger partial charge in [0.1, 0.15) is 6.10 Å². The summed E-state index contributed by atoms with van der Waals surface area (Å²) in [5, 5.41) is 36.5. The van der Waals surface area contributed by atoms with Gasteiger partial charge in [0.25, 0.3) is 0 Å².